The molecular weight excluding hydrogens is 154 g/mol. The van der Waals surface area contributed by atoms with Crippen molar-refractivity contribution in [3.8, 4) is 0 Å². The fourth-order valence-corrected chi connectivity index (χ4v) is 1.79. The molecule has 11 heavy (non-hydrogen) atoms. The van der Waals surface area contributed by atoms with Crippen LogP contribution in [0.15, 0.2) is 10.6 Å². The lowest BCUT2D eigenvalue weighted by atomic mass is 10.2. The van der Waals surface area contributed by atoms with E-state index in [1.54, 1.807) is 0 Å². The van der Waals surface area contributed by atoms with Crippen LogP contribution in [0.4, 0.5) is 0 Å². The summed E-state index contributed by atoms with van der Waals surface area (Å²) in [5.74, 6) is 0. The van der Waals surface area contributed by atoms with Crippen LogP contribution < -0.4 is 5.32 Å². The molecule has 0 aliphatic carbocycles. The maximum Gasteiger partial charge on any atom is 0.0171 e. The summed E-state index contributed by atoms with van der Waals surface area (Å²) in [6.45, 7) is 7.32. The molecule has 66 valence electrons. The lowest BCUT2D eigenvalue weighted by Gasteiger charge is -2.17. The number of rotatable bonds is 1. The third kappa shape index (κ3) is 3.71. The van der Waals surface area contributed by atoms with Gasteiger partial charge in [-0.15, -0.1) is 11.8 Å². The summed E-state index contributed by atoms with van der Waals surface area (Å²) in [5.41, 5.74) is 1.38. The molecule has 1 heterocycles. The first-order chi connectivity index (χ1) is 5.34. The van der Waals surface area contributed by atoms with Crippen LogP contribution in [-0.2, 0) is 0 Å². The van der Waals surface area contributed by atoms with Gasteiger partial charge in [0.15, 0.2) is 0 Å². The standard InChI is InChI=1S/C7H13NS.C2H6/c1-6-7(9-2)4-3-5-8-6;1-2/h8H,3-5H2,1-2H3;1-2H3. The zero-order chi connectivity index (χ0) is 8.69. The SMILES string of the molecule is CC.CSC1=C(C)NCCC1. The maximum absolute atomic E-state index is 3.34. The van der Waals surface area contributed by atoms with Gasteiger partial charge < -0.3 is 5.32 Å². The molecule has 1 aliphatic rings. The Morgan fingerprint density at radius 1 is 1.36 bits per heavy atom. The third-order valence-corrected chi connectivity index (χ3v) is 2.64. The quantitative estimate of drug-likeness (QED) is 0.654. The molecule has 1 rings (SSSR count). The first-order valence-corrected chi connectivity index (χ1v) is 5.54. The Labute approximate surface area is 74.6 Å². The lowest BCUT2D eigenvalue weighted by molar-refractivity contribution is 0.683. The Morgan fingerprint density at radius 2 is 2.00 bits per heavy atom. The van der Waals surface area contributed by atoms with Crippen LogP contribution >= 0.6 is 11.8 Å². The van der Waals surface area contributed by atoms with Gasteiger partial charge in [-0.25, -0.2) is 0 Å². The first-order valence-electron chi connectivity index (χ1n) is 4.32. The smallest absolute Gasteiger partial charge is 0.0171 e. The van der Waals surface area contributed by atoms with Gasteiger partial charge in [-0.3, -0.25) is 0 Å². The van der Waals surface area contributed by atoms with Crippen molar-refractivity contribution in [1.82, 2.24) is 5.32 Å². The largest absolute Gasteiger partial charge is 0.388 e. The summed E-state index contributed by atoms with van der Waals surface area (Å²) in [6.07, 6.45) is 4.72. The van der Waals surface area contributed by atoms with E-state index >= 15 is 0 Å². The zero-order valence-electron chi connectivity index (χ0n) is 8.03. The van der Waals surface area contributed by atoms with Crippen molar-refractivity contribution in [2.75, 3.05) is 12.8 Å². The highest BCUT2D eigenvalue weighted by atomic mass is 32.2. The van der Waals surface area contributed by atoms with Gasteiger partial charge in [0, 0.05) is 17.1 Å². The van der Waals surface area contributed by atoms with E-state index in [-0.39, 0.29) is 0 Å². The molecule has 1 N–H and O–H groups in total. The average molecular weight is 173 g/mol. The van der Waals surface area contributed by atoms with Gasteiger partial charge in [-0.2, -0.15) is 0 Å². The molecule has 0 bridgehead atoms. The van der Waals surface area contributed by atoms with Gasteiger partial charge in [0.2, 0.25) is 0 Å². The predicted octanol–water partition coefficient (Wildman–Crippen LogP) is 2.99. The number of hydrogen-bond acceptors (Lipinski definition) is 2. The topological polar surface area (TPSA) is 12.0 Å². The minimum Gasteiger partial charge on any atom is -0.388 e. The fraction of sp³-hybridized carbons (Fsp3) is 0.778. The Hall–Kier alpha value is -0.110. The second-order valence-electron chi connectivity index (χ2n) is 2.28. The fourth-order valence-electron chi connectivity index (χ4n) is 1.07. The predicted molar refractivity (Wildman–Crippen MR) is 54.8 cm³/mol. The van der Waals surface area contributed by atoms with Crippen LogP contribution in [0.5, 0.6) is 0 Å². The molecular formula is C9H19NS. The molecule has 0 saturated heterocycles. The van der Waals surface area contributed by atoms with E-state index in [1.165, 1.54) is 23.4 Å². The third-order valence-electron chi connectivity index (χ3n) is 1.64. The maximum atomic E-state index is 3.34. The molecule has 0 aromatic carbocycles. The molecule has 0 aromatic rings. The second-order valence-corrected chi connectivity index (χ2v) is 3.18. The van der Waals surface area contributed by atoms with E-state index in [0.29, 0.717) is 0 Å². The Balaban J connectivity index is 0.000000461. The number of thioether (sulfide) groups is 1. The van der Waals surface area contributed by atoms with Crippen molar-refractivity contribution in [3.63, 3.8) is 0 Å². The van der Waals surface area contributed by atoms with Gasteiger partial charge in [0.1, 0.15) is 0 Å². The summed E-state index contributed by atoms with van der Waals surface area (Å²) in [7, 11) is 0. The van der Waals surface area contributed by atoms with Crippen LogP contribution in [0.1, 0.15) is 33.6 Å². The molecule has 0 spiro atoms. The minimum atomic E-state index is 1.16. The summed E-state index contributed by atoms with van der Waals surface area (Å²) in [5, 5.41) is 3.34. The highest BCUT2D eigenvalue weighted by Gasteiger charge is 2.05. The monoisotopic (exact) mass is 173 g/mol. The van der Waals surface area contributed by atoms with Gasteiger partial charge in [0.05, 0.1) is 0 Å². The normalized spacial score (nSPS) is 16.7. The Kier molecular flexibility index (Phi) is 6.52. The van der Waals surface area contributed by atoms with E-state index < -0.39 is 0 Å². The van der Waals surface area contributed by atoms with Crippen molar-refractivity contribution in [2.24, 2.45) is 0 Å². The molecule has 0 amide bonds. The molecule has 0 atom stereocenters. The molecule has 0 unspecified atom stereocenters. The van der Waals surface area contributed by atoms with Gasteiger partial charge >= 0.3 is 0 Å². The highest BCUT2D eigenvalue weighted by Crippen LogP contribution is 2.23. The molecule has 1 aliphatic heterocycles. The lowest BCUT2D eigenvalue weighted by Crippen LogP contribution is -2.18. The summed E-state index contributed by atoms with van der Waals surface area (Å²) >= 11 is 1.87. The molecule has 0 radical (unpaired) electrons. The number of nitrogens with one attached hydrogen (secondary N) is 1. The molecule has 2 heteroatoms. The average Bonchev–Trinajstić information content (AvgIpc) is 2.09. The molecule has 1 nitrogen and oxygen atoms in total. The van der Waals surface area contributed by atoms with E-state index in [9.17, 15) is 0 Å². The van der Waals surface area contributed by atoms with Gasteiger partial charge in [0.25, 0.3) is 0 Å². The Bertz CT molecular complexity index is 130. The summed E-state index contributed by atoms with van der Waals surface area (Å²) < 4.78 is 0. The van der Waals surface area contributed by atoms with E-state index in [0.717, 1.165) is 6.54 Å². The summed E-state index contributed by atoms with van der Waals surface area (Å²) in [6, 6.07) is 0. The van der Waals surface area contributed by atoms with E-state index in [4.69, 9.17) is 0 Å². The van der Waals surface area contributed by atoms with Crippen LogP contribution in [-0.4, -0.2) is 12.8 Å². The van der Waals surface area contributed by atoms with Gasteiger partial charge in [-0.05, 0) is 26.0 Å². The molecule has 0 saturated carbocycles. The summed E-state index contributed by atoms with van der Waals surface area (Å²) in [4.78, 5) is 1.53. The van der Waals surface area contributed by atoms with Crippen molar-refractivity contribution in [2.45, 2.75) is 33.6 Å². The van der Waals surface area contributed by atoms with E-state index in [1.807, 2.05) is 25.6 Å². The van der Waals surface area contributed by atoms with Crippen molar-refractivity contribution in [3.05, 3.63) is 10.6 Å². The van der Waals surface area contributed by atoms with Crippen molar-refractivity contribution < 1.29 is 0 Å². The van der Waals surface area contributed by atoms with Crippen molar-refractivity contribution >= 4 is 11.8 Å². The minimum absolute atomic E-state index is 1.16. The Morgan fingerprint density at radius 3 is 2.36 bits per heavy atom. The number of hydrogen-bond donors (Lipinski definition) is 1. The molecule has 0 aromatic heterocycles. The van der Waals surface area contributed by atoms with Crippen LogP contribution in [0.2, 0.25) is 0 Å². The van der Waals surface area contributed by atoms with Crippen LogP contribution in [0.3, 0.4) is 0 Å². The number of allylic oxidation sites excluding steroid dienone is 2. The highest BCUT2D eigenvalue weighted by molar-refractivity contribution is 8.02. The van der Waals surface area contributed by atoms with Crippen LogP contribution in [0.25, 0.3) is 0 Å². The van der Waals surface area contributed by atoms with E-state index in [2.05, 4.69) is 18.5 Å². The van der Waals surface area contributed by atoms with Crippen molar-refractivity contribution in [1.29, 1.82) is 0 Å². The second kappa shape index (κ2) is 6.59. The zero-order valence-corrected chi connectivity index (χ0v) is 8.85. The molecule has 0 fully saturated rings. The van der Waals surface area contributed by atoms with Crippen LogP contribution in [0, 0.1) is 0 Å². The first kappa shape index (κ1) is 10.9. The van der Waals surface area contributed by atoms with Gasteiger partial charge in [-0.1, -0.05) is 13.8 Å².